The van der Waals surface area contributed by atoms with E-state index in [4.69, 9.17) is 0 Å². The summed E-state index contributed by atoms with van der Waals surface area (Å²) in [5, 5.41) is 5.79. The third kappa shape index (κ3) is 5.84. The highest BCUT2D eigenvalue weighted by atomic mass is 16.2. The van der Waals surface area contributed by atoms with Gasteiger partial charge in [0.2, 0.25) is 5.91 Å². The first-order valence-corrected chi connectivity index (χ1v) is 9.19. The molecule has 2 N–H and O–H groups in total. The number of aryl methyl sites for hydroxylation is 1. The lowest BCUT2D eigenvalue weighted by Gasteiger charge is -2.22. The van der Waals surface area contributed by atoms with E-state index in [-0.39, 0.29) is 17.7 Å². The molecule has 2 amide bonds. The molecule has 144 valence electrons. The Labute approximate surface area is 161 Å². The molecule has 1 unspecified atom stereocenters. The lowest BCUT2D eigenvalue weighted by Crippen LogP contribution is -2.49. The Hall–Kier alpha value is -2.82. The highest BCUT2D eigenvalue weighted by Crippen LogP contribution is 2.12. The van der Waals surface area contributed by atoms with E-state index < -0.39 is 6.04 Å². The second-order valence-corrected chi connectivity index (χ2v) is 7.34. The molecule has 2 rings (SSSR count). The van der Waals surface area contributed by atoms with Crippen LogP contribution in [0, 0.1) is 12.8 Å². The minimum absolute atomic E-state index is 0.0186. The zero-order valence-corrected chi connectivity index (χ0v) is 16.7. The van der Waals surface area contributed by atoms with Gasteiger partial charge in [-0.2, -0.15) is 0 Å². The summed E-state index contributed by atoms with van der Waals surface area (Å²) >= 11 is 0. The number of rotatable bonds is 7. The molecule has 2 aromatic carbocycles. The maximum absolute atomic E-state index is 12.6. The normalized spacial score (nSPS) is 11.8. The van der Waals surface area contributed by atoms with Crippen LogP contribution in [0.15, 0.2) is 48.5 Å². The van der Waals surface area contributed by atoms with Crippen molar-refractivity contribution in [3.8, 4) is 0 Å². The predicted molar refractivity (Wildman–Crippen MR) is 110 cm³/mol. The van der Waals surface area contributed by atoms with Gasteiger partial charge in [0.1, 0.15) is 6.04 Å². The monoisotopic (exact) mass is 367 g/mol. The summed E-state index contributed by atoms with van der Waals surface area (Å²) in [6.07, 6.45) is 0. The van der Waals surface area contributed by atoms with Crippen molar-refractivity contribution in [3.05, 3.63) is 65.2 Å². The summed E-state index contributed by atoms with van der Waals surface area (Å²) in [6.45, 7) is 6.21. The zero-order valence-electron chi connectivity index (χ0n) is 16.7. The first-order valence-electron chi connectivity index (χ1n) is 9.19. The summed E-state index contributed by atoms with van der Waals surface area (Å²) < 4.78 is 0. The van der Waals surface area contributed by atoms with Crippen molar-refractivity contribution >= 4 is 17.5 Å². The van der Waals surface area contributed by atoms with Crippen LogP contribution in [0.5, 0.6) is 0 Å². The van der Waals surface area contributed by atoms with Crippen LogP contribution in [0.3, 0.4) is 0 Å². The molecular formula is C22H29N3O2. The molecule has 0 saturated heterocycles. The van der Waals surface area contributed by atoms with E-state index in [2.05, 4.69) is 10.6 Å². The number of nitrogens with one attached hydrogen (secondary N) is 2. The second-order valence-electron chi connectivity index (χ2n) is 7.34. The van der Waals surface area contributed by atoms with Crippen molar-refractivity contribution < 1.29 is 9.59 Å². The summed E-state index contributed by atoms with van der Waals surface area (Å²) in [4.78, 5) is 27.2. The molecular weight excluding hydrogens is 338 g/mol. The van der Waals surface area contributed by atoms with Crippen molar-refractivity contribution in [2.45, 2.75) is 33.4 Å². The van der Waals surface area contributed by atoms with Gasteiger partial charge in [-0.1, -0.05) is 43.7 Å². The third-order valence-electron chi connectivity index (χ3n) is 4.44. The average Bonchev–Trinajstić information content (AvgIpc) is 2.64. The molecule has 0 heterocycles. The van der Waals surface area contributed by atoms with Crippen LogP contribution < -0.4 is 15.5 Å². The minimum atomic E-state index is -0.584. The zero-order chi connectivity index (χ0) is 20.0. The topological polar surface area (TPSA) is 61.4 Å². The number of carbonyl (C=O) groups is 2. The Morgan fingerprint density at radius 3 is 2.26 bits per heavy atom. The first-order chi connectivity index (χ1) is 12.8. The van der Waals surface area contributed by atoms with Gasteiger partial charge < -0.3 is 15.5 Å². The fraction of sp³-hybridized carbons (Fsp3) is 0.364. The summed E-state index contributed by atoms with van der Waals surface area (Å²) in [6, 6.07) is 14.8. The molecule has 2 aromatic rings. The van der Waals surface area contributed by atoms with Gasteiger partial charge >= 0.3 is 0 Å². The number of anilines is 1. The molecule has 0 spiro atoms. The summed E-state index contributed by atoms with van der Waals surface area (Å²) in [7, 11) is 3.97. The standard InChI is InChI=1S/C22H29N3O2/c1-15(2)20(24-21(26)18-8-6-7-16(3)13-18)22(27)23-14-17-9-11-19(12-10-17)25(4)5/h6-13,15,20H,14H2,1-5H3,(H,23,27)(H,24,26). The number of carbonyl (C=O) groups excluding carboxylic acids is 2. The van der Waals surface area contributed by atoms with E-state index in [0.717, 1.165) is 16.8 Å². The average molecular weight is 367 g/mol. The van der Waals surface area contributed by atoms with E-state index >= 15 is 0 Å². The van der Waals surface area contributed by atoms with E-state index in [9.17, 15) is 9.59 Å². The van der Waals surface area contributed by atoms with Gasteiger partial charge in [-0.05, 0) is 42.7 Å². The second kappa shape index (κ2) is 9.21. The van der Waals surface area contributed by atoms with Crippen LogP contribution in [-0.4, -0.2) is 32.0 Å². The van der Waals surface area contributed by atoms with Gasteiger partial charge in [0.15, 0.2) is 0 Å². The quantitative estimate of drug-likeness (QED) is 0.790. The van der Waals surface area contributed by atoms with Gasteiger partial charge in [-0.15, -0.1) is 0 Å². The van der Waals surface area contributed by atoms with Crippen molar-refractivity contribution in [1.29, 1.82) is 0 Å². The maximum Gasteiger partial charge on any atom is 0.251 e. The van der Waals surface area contributed by atoms with Gasteiger partial charge in [0.25, 0.3) is 5.91 Å². The lowest BCUT2D eigenvalue weighted by molar-refractivity contribution is -0.124. The van der Waals surface area contributed by atoms with Gasteiger partial charge in [0, 0.05) is 31.9 Å². The molecule has 1 atom stereocenters. The highest BCUT2D eigenvalue weighted by molar-refractivity contribution is 5.97. The molecule has 0 aliphatic rings. The Morgan fingerprint density at radius 1 is 1.04 bits per heavy atom. The molecule has 0 aliphatic carbocycles. The van der Waals surface area contributed by atoms with Crippen LogP contribution in [0.1, 0.15) is 35.3 Å². The molecule has 0 saturated carbocycles. The summed E-state index contributed by atoms with van der Waals surface area (Å²) in [5.41, 5.74) is 3.69. The first kappa shape index (κ1) is 20.5. The predicted octanol–water partition coefficient (Wildman–Crippen LogP) is 3.13. The maximum atomic E-state index is 12.6. The van der Waals surface area contributed by atoms with Gasteiger partial charge in [0.05, 0.1) is 0 Å². The van der Waals surface area contributed by atoms with E-state index in [1.807, 2.05) is 82.2 Å². The molecule has 0 fully saturated rings. The van der Waals surface area contributed by atoms with Crippen molar-refractivity contribution in [3.63, 3.8) is 0 Å². The SMILES string of the molecule is Cc1cccc(C(=O)NC(C(=O)NCc2ccc(N(C)C)cc2)C(C)C)c1. The number of benzene rings is 2. The van der Waals surface area contributed by atoms with Crippen molar-refractivity contribution in [2.75, 3.05) is 19.0 Å². The Kier molecular flexibility index (Phi) is 6.99. The van der Waals surface area contributed by atoms with E-state index in [1.165, 1.54) is 0 Å². The highest BCUT2D eigenvalue weighted by Gasteiger charge is 2.24. The fourth-order valence-corrected chi connectivity index (χ4v) is 2.76. The summed E-state index contributed by atoms with van der Waals surface area (Å²) in [5.74, 6) is -0.430. The lowest BCUT2D eigenvalue weighted by atomic mass is 10.0. The molecule has 0 aliphatic heterocycles. The molecule has 0 radical (unpaired) electrons. The van der Waals surface area contributed by atoms with Crippen LogP contribution in [0.25, 0.3) is 0 Å². The molecule has 5 heteroatoms. The Balaban J connectivity index is 1.99. The molecule has 0 bridgehead atoms. The van der Waals surface area contributed by atoms with Crippen molar-refractivity contribution in [1.82, 2.24) is 10.6 Å². The fourth-order valence-electron chi connectivity index (χ4n) is 2.76. The van der Waals surface area contributed by atoms with Crippen LogP contribution in [0.4, 0.5) is 5.69 Å². The van der Waals surface area contributed by atoms with Crippen LogP contribution in [-0.2, 0) is 11.3 Å². The Morgan fingerprint density at radius 2 is 1.70 bits per heavy atom. The number of hydrogen-bond donors (Lipinski definition) is 2. The van der Waals surface area contributed by atoms with E-state index in [0.29, 0.717) is 12.1 Å². The molecule has 0 aromatic heterocycles. The van der Waals surface area contributed by atoms with Gasteiger partial charge in [-0.25, -0.2) is 0 Å². The van der Waals surface area contributed by atoms with Crippen LogP contribution in [0.2, 0.25) is 0 Å². The largest absolute Gasteiger partial charge is 0.378 e. The Bertz CT molecular complexity index is 782. The van der Waals surface area contributed by atoms with Gasteiger partial charge in [-0.3, -0.25) is 9.59 Å². The van der Waals surface area contributed by atoms with E-state index in [1.54, 1.807) is 6.07 Å². The number of amides is 2. The number of nitrogens with zero attached hydrogens (tertiary/aromatic N) is 1. The number of hydrogen-bond acceptors (Lipinski definition) is 3. The smallest absolute Gasteiger partial charge is 0.251 e. The minimum Gasteiger partial charge on any atom is -0.378 e. The van der Waals surface area contributed by atoms with Crippen molar-refractivity contribution in [2.24, 2.45) is 5.92 Å². The van der Waals surface area contributed by atoms with Crippen LogP contribution >= 0.6 is 0 Å². The molecule has 5 nitrogen and oxygen atoms in total. The molecule has 27 heavy (non-hydrogen) atoms. The third-order valence-corrected chi connectivity index (χ3v) is 4.44.